The predicted octanol–water partition coefficient (Wildman–Crippen LogP) is 20.6. The molecule has 7 nitrogen and oxygen atoms in total. The van der Waals surface area contributed by atoms with Crippen LogP contribution in [0.4, 0.5) is 8.78 Å². The summed E-state index contributed by atoms with van der Waals surface area (Å²) < 4.78 is 38.1. The molecule has 0 aliphatic carbocycles. The van der Waals surface area contributed by atoms with Crippen molar-refractivity contribution in [3.8, 4) is 118 Å². The van der Waals surface area contributed by atoms with Crippen molar-refractivity contribution in [2.45, 2.75) is 0 Å². The topological polar surface area (TPSA) is 85.2 Å². The average Bonchev–Trinajstić information content (AvgIpc) is 1.55. The van der Waals surface area contributed by atoms with Gasteiger partial charge < -0.3 is 9.13 Å². The number of pyridine rings is 4. The van der Waals surface area contributed by atoms with Crippen molar-refractivity contribution in [2.24, 2.45) is 0 Å². The van der Waals surface area contributed by atoms with E-state index in [-0.39, 0.29) is 16.7 Å². The third kappa shape index (κ3) is 9.35. The zero-order chi connectivity index (χ0) is 60.2. The van der Waals surface area contributed by atoms with E-state index in [1.165, 1.54) is 18.2 Å². The van der Waals surface area contributed by atoms with Gasteiger partial charge in [-0.3, -0.25) is 19.9 Å². The number of hydrogen-bond acceptors (Lipinski definition) is 5. The monoisotopic (exact) mass is 1160 g/mol. The molecule has 6 heterocycles. The Morgan fingerprint density at radius 2 is 0.600 bits per heavy atom. The van der Waals surface area contributed by atoms with E-state index in [1.54, 1.807) is 6.07 Å². The molecule has 0 radical (unpaired) electrons. The SMILES string of the molecule is N#Cc1c(-n2c3cc(-c4ccc(-c5ccccc5)nc4)ccc3c3ccc(-c4ccc(-c5ccccc5)nc4)cc32)ccc(-c2c(F)cccc2F)c1-n1c2cc(-c3ccc(-c4ccccc4)nc3)ccc2c2ccc(-c3ccc(-c4ccccc4)nc3)cc21. The van der Waals surface area contributed by atoms with Crippen LogP contribution in [0.1, 0.15) is 5.56 Å². The fourth-order valence-corrected chi connectivity index (χ4v) is 12.7. The molecule has 0 fully saturated rings. The maximum Gasteiger partial charge on any atom is 0.134 e. The molecule has 90 heavy (non-hydrogen) atoms. The van der Waals surface area contributed by atoms with E-state index in [9.17, 15) is 5.26 Å². The summed E-state index contributed by atoms with van der Waals surface area (Å²) in [5, 5.41) is 15.9. The second-order valence-electron chi connectivity index (χ2n) is 22.4. The number of rotatable bonds is 11. The molecule has 0 aliphatic rings. The van der Waals surface area contributed by atoms with Crippen molar-refractivity contribution in [3.05, 3.63) is 315 Å². The molecule has 0 bridgehead atoms. The first-order valence-electron chi connectivity index (χ1n) is 29.7. The lowest BCUT2D eigenvalue weighted by Gasteiger charge is -2.21. The molecule has 10 aromatic carbocycles. The first-order valence-corrected chi connectivity index (χ1v) is 29.7. The van der Waals surface area contributed by atoms with E-state index < -0.39 is 11.6 Å². The van der Waals surface area contributed by atoms with Gasteiger partial charge in [0.25, 0.3) is 0 Å². The normalized spacial score (nSPS) is 11.4. The minimum atomic E-state index is -0.769. The molecule has 0 amide bonds. The number of nitrogens with zero attached hydrogens (tertiary/aromatic N) is 7. The summed E-state index contributed by atoms with van der Waals surface area (Å²) in [6.45, 7) is 0. The van der Waals surface area contributed by atoms with Gasteiger partial charge in [0.05, 0.1) is 61.8 Å². The largest absolute Gasteiger partial charge is 0.308 e. The van der Waals surface area contributed by atoms with Gasteiger partial charge in [-0.15, -0.1) is 0 Å². The highest BCUT2D eigenvalue weighted by Crippen LogP contribution is 2.46. The summed E-state index contributed by atoms with van der Waals surface area (Å²) in [6.07, 6.45) is 7.52. The number of halogens is 2. The Kier molecular flexibility index (Phi) is 13.2. The lowest BCUT2D eigenvalue weighted by molar-refractivity contribution is 0.589. The first-order chi connectivity index (χ1) is 44.4. The Bertz CT molecular complexity index is 5150. The van der Waals surface area contributed by atoms with Gasteiger partial charge in [-0.2, -0.15) is 5.26 Å². The number of aromatic nitrogens is 6. The van der Waals surface area contributed by atoms with E-state index in [0.29, 0.717) is 22.4 Å². The average molecular weight is 1160 g/mol. The first kappa shape index (κ1) is 53.2. The van der Waals surface area contributed by atoms with Gasteiger partial charge in [-0.1, -0.05) is 200 Å². The Morgan fingerprint density at radius 1 is 0.289 bits per heavy atom. The van der Waals surface area contributed by atoms with E-state index in [4.69, 9.17) is 19.9 Å². The van der Waals surface area contributed by atoms with Crippen LogP contribution in [0, 0.1) is 23.0 Å². The van der Waals surface area contributed by atoms with Crippen LogP contribution in [-0.4, -0.2) is 29.1 Å². The number of fused-ring (bicyclic) bond motifs is 6. The molecule has 6 aromatic heterocycles. The van der Waals surface area contributed by atoms with Crippen LogP contribution in [0.15, 0.2) is 298 Å². The van der Waals surface area contributed by atoms with Gasteiger partial charge in [-0.05, 0) is 95.1 Å². The summed E-state index contributed by atoms with van der Waals surface area (Å²) in [5.74, 6) is -1.54. The highest BCUT2D eigenvalue weighted by molar-refractivity contribution is 6.14. The number of benzene rings is 10. The van der Waals surface area contributed by atoms with Crippen molar-refractivity contribution in [3.63, 3.8) is 0 Å². The maximum atomic E-state index is 17.0. The Balaban J connectivity index is 0.967. The van der Waals surface area contributed by atoms with Crippen molar-refractivity contribution < 1.29 is 8.78 Å². The molecule has 9 heteroatoms. The van der Waals surface area contributed by atoms with E-state index in [2.05, 4.69) is 108 Å². The van der Waals surface area contributed by atoms with Crippen molar-refractivity contribution >= 4 is 43.6 Å². The summed E-state index contributed by atoms with van der Waals surface area (Å²) in [4.78, 5) is 19.7. The third-order valence-corrected chi connectivity index (χ3v) is 17.2. The zero-order valence-corrected chi connectivity index (χ0v) is 48.2. The fraction of sp³-hybridized carbons (Fsp3) is 0. The van der Waals surface area contributed by atoms with Crippen LogP contribution in [0.2, 0.25) is 0 Å². The lowest BCUT2D eigenvalue weighted by atomic mass is 9.96. The lowest BCUT2D eigenvalue weighted by Crippen LogP contribution is -2.07. The van der Waals surface area contributed by atoms with Crippen LogP contribution in [0.25, 0.3) is 156 Å². The van der Waals surface area contributed by atoms with Crippen LogP contribution in [0.3, 0.4) is 0 Å². The van der Waals surface area contributed by atoms with Crippen LogP contribution in [-0.2, 0) is 0 Å². The molecule has 0 atom stereocenters. The number of nitriles is 1. The molecule has 0 N–H and O–H groups in total. The van der Waals surface area contributed by atoms with Gasteiger partial charge in [-0.25, -0.2) is 8.78 Å². The van der Waals surface area contributed by atoms with Crippen LogP contribution < -0.4 is 0 Å². The summed E-state index contributed by atoms with van der Waals surface area (Å²) >= 11 is 0. The molecular weight excluding hydrogens is 1110 g/mol. The van der Waals surface area contributed by atoms with Crippen molar-refractivity contribution in [1.82, 2.24) is 29.1 Å². The Hall–Kier alpha value is -12.3. The highest BCUT2D eigenvalue weighted by atomic mass is 19.1. The molecule has 16 rings (SSSR count). The smallest absolute Gasteiger partial charge is 0.134 e. The summed E-state index contributed by atoms with van der Waals surface area (Å²) in [7, 11) is 0. The van der Waals surface area contributed by atoms with E-state index in [0.717, 1.165) is 122 Å². The van der Waals surface area contributed by atoms with Crippen LogP contribution >= 0.6 is 0 Å². The standard InChI is InChI=1S/C81H49F2N7/c82-69-22-13-23-70(83)80(69)67-36-41-75(89-76-42-55(59-28-37-71(85-47-59)51-14-5-1-6-15-51)24-32-63(76)64-33-25-56(43-77(64)89)60-29-38-72(86-48-60)52-16-7-2-8-17-52)68(46-84)81(67)90-78-44-57(61-30-39-73(87-49-61)53-18-9-3-10-19-53)26-34-65(78)66-35-27-58(45-79(66)90)62-31-40-74(88-50-62)54-20-11-4-12-21-54/h1-45,47-50H. The maximum absolute atomic E-state index is 17.0. The van der Waals surface area contributed by atoms with Gasteiger partial charge in [0.15, 0.2) is 0 Å². The van der Waals surface area contributed by atoms with E-state index >= 15 is 8.78 Å². The molecule has 422 valence electrons. The van der Waals surface area contributed by atoms with Crippen LogP contribution in [0.5, 0.6) is 0 Å². The second-order valence-corrected chi connectivity index (χ2v) is 22.4. The molecule has 0 aliphatic heterocycles. The summed E-state index contributed by atoms with van der Waals surface area (Å²) in [5.41, 5.74) is 18.4. The summed E-state index contributed by atoms with van der Waals surface area (Å²) in [6, 6.07) is 92.1. The zero-order valence-electron chi connectivity index (χ0n) is 48.2. The fourth-order valence-electron chi connectivity index (χ4n) is 12.7. The number of hydrogen-bond donors (Lipinski definition) is 0. The van der Waals surface area contributed by atoms with Gasteiger partial charge >= 0.3 is 0 Å². The van der Waals surface area contributed by atoms with Gasteiger partial charge in [0.1, 0.15) is 23.3 Å². The van der Waals surface area contributed by atoms with Crippen molar-refractivity contribution in [2.75, 3.05) is 0 Å². The van der Waals surface area contributed by atoms with Gasteiger partial charge in [0.2, 0.25) is 0 Å². The molecular formula is C81H49F2N7. The molecule has 0 unspecified atom stereocenters. The van der Waals surface area contributed by atoms with Gasteiger partial charge in [0, 0.05) is 96.4 Å². The molecule has 16 aromatic rings. The molecule has 0 saturated carbocycles. The van der Waals surface area contributed by atoms with E-state index in [1.807, 2.05) is 181 Å². The quantitative estimate of drug-likeness (QED) is 0.129. The molecule has 0 saturated heterocycles. The minimum absolute atomic E-state index is 0.185. The minimum Gasteiger partial charge on any atom is -0.308 e. The molecule has 0 spiro atoms. The predicted molar refractivity (Wildman–Crippen MR) is 360 cm³/mol. The Morgan fingerprint density at radius 3 is 0.900 bits per heavy atom. The highest BCUT2D eigenvalue weighted by Gasteiger charge is 2.28. The van der Waals surface area contributed by atoms with Crippen molar-refractivity contribution in [1.29, 1.82) is 5.26 Å². The third-order valence-electron chi connectivity index (χ3n) is 17.2. The Labute approximate surface area is 517 Å². The second kappa shape index (κ2) is 22.2.